The fourth-order valence-electron chi connectivity index (χ4n) is 2.29. The maximum atomic E-state index is 11.8. The number of benzene rings is 2. The van der Waals surface area contributed by atoms with Gasteiger partial charge in [0, 0.05) is 10.6 Å². The average molecular weight is 376 g/mol. The van der Waals surface area contributed by atoms with Crippen LogP contribution >= 0.6 is 35.6 Å². The average Bonchev–Trinajstić information content (AvgIpc) is 2.84. The van der Waals surface area contributed by atoms with Crippen LogP contribution in [0.4, 0.5) is 0 Å². The van der Waals surface area contributed by atoms with E-state index in [1.165, 1.54) is 17.3 Å². The molecule has 0 bridgehead atoms. The summed E-state index contributed by atoms with van der Waals surface area (Å²) in [5.74, 6) is 0.467. The Morgan fingerprint density at radius 3 is 2.83 bits per heavy atom. The third kappa shape index (κ3) is 4.17. The molecule has 0 unspecified atom stereocenters. The van der Waals surface area contributed by atoms with Crippen molar-refractivity contribution in [1.29, 1.82) is 0 Å². The molecule has 0 aromatic heterocycles. The van der Waals surface area contributed by atoms with Crippen LogP contribution in [-0.2, 0) is 11.4 Å². The van der Waals surface area contributed by atoms with Gasteiger partial charge in [-0.1, -0.05) is 65.4 Å². The van der Waals surface area contributed by atoms with E-state index in [4.69, 9.17) is 28.6 Å². The molecule has 1 fully saturated rings. The van der Waals surface area contributed by atoms with Crippen molar-refractivity contribution in [1.82, 2.24) is 5.32 Å². The Labute approximate surface area is 155 Å². The molecule has 0 aliphatic carbocycles. The van der Waals surface area contributed by atoms with Crippen LogP contribution in [0, 0.1) is 6.92 Å². The van der Waals surface area contributed by atoms with E-state index in [9.17, 15) is 4.79 Å². The molecule has 1 aliphatic heterocycles. The maximum Gasteiger partial charge on any atom is 0.263 e. The fourth-order valence-corrected chi connectivity index (χ4v) is 3.50. The molecular weight excluding hydrogens is 362 g/mol. The summed E-state index contributed by atoms with van der Waals surface area (Å²) in [5.41, 5.74) is 3.01. The molecule has 122 valence electrons. The molecule has 6 heteroatoms. The van der Waals surface area contributed by atoms with Crippen molar-refractivity contribution in [2.24, 2.45) is 0 Å². The molecule has 1 N–H and O–H groups in total. The first-order valence-electron chi connectivity index (χ1n) is 7.24. The molecule has 1 heterocycles. The number of carbonyl (C=O) groups excluding carboxylic acids is 1. The van der Waals surface area contributed by atoms with Gasteiger partial charge < -0.3 is 10.1 Å². The standard InChI is InChI=1S/C18H14ClNO2S2/c1-11-3-2-4-12(7-11)10-22-15-6-5-14(19)8-13(15)9-16-17(21)20-18(23)24-16/h2-9H,10H2,1H3,(H,20,21,23)/b16-9+. The molecule has 2 aromatic rings. The van der Waals surface area contributed by atoms with Gasteiger partial charge in [-0.2, -0.15) is 0 Å². The van der Waals surface area contributed by atoms with Gasteiger partial charge in [-0.3, -0.25) is 4.79 Å². The Kier molecular flexibility index (Phi) is 5.23. The number of ether oxygens (including phenoxy) is 1. The van der Waals surface area contributed by atoms with Crippen LogP contribution in [0.3, 0.4) is 0 Å². The van der Waals surface area contributed by atoms with Crippen molar-refractivity contribution < 1.29 is 9.53 Å². The van der Waals surface area contributed by atoms with Crippen LogP contribution in [0.5, 0.6) is 5.75 Å². The molecule has 3 rings (SSSR count). The quantitative estimate of drug-likeness (QED) is 0.620. The molecule has 0 spiro atoms. The Morgan fingerprint density at radius 2 is 2.12 bits per heavy atom. The predicted molar refractivity (Wildman–Crippen MR) is 103 cm³/mol. The molecule has 3 nitrogen and oxygen atoms in total. The Balaban J connectivity index is 1.84. The van der Waals surface area contributed by atoms with E-state index in [1.54, 1.807) is 24.3 Å². The summed E-state index contributed by atoms with van der Waals surface area (Å²) in [6.07, 6.45) is 1.75. The van der Waals surface area contributed by atoms with Crippen molar-refractivity contribution in [3.8, 4) is 5.75 Å². The van der Waals surface area contributed by atoms with Crippen molar-refractivity contribution in [3.63, 3.8) is 0 Å². The molecule has 1 saturated heterocycles. The topological polar surface area (TPSA) is 38.3 Å². The van der Waals surface area contributed by atoms with E-state index < -0.39 is 0 Å². The molecular formula is C18H14ClNO2S2. The lowest BCUT2D eigenvalue weighted by molar-refractivity contribution is -0.115. The normalized spacial score (nSPS) is 15.7. The van der Waals surface area contributed by atoms with Gasteiger partial charge in [0.25, 0.3) is 5.91 Å². The highest BCUT2D eigenvalue weighted by Crippen LogP contribution is 2.31. The molecule has 24 heavy (non-hydrogen) atoms. The van der Waals surface area contributed by atoms with E-state index in [0.717, 1.165) is 11.1 Å². The first-order valence-corrected chi connectivity index (χ1v) is 8.84. The fraction of sp³-hybridized carbons (Fsp3) is 0.111. The highest BCUT2D eigenvalue weighted by atomic mass is 35.5. The first-order chi connectivity index (χ1) is 11.5. The lowest BCUT2D eigenvalue weighted by Crippen LogP contribution is -2.17. The van der Waals surface area contributed by atoms with Crippen molar-refractivity contribution in [2.75, 3.05) is 0 Å². The van der Waals surface area contributed by atoms with E-state index in [1.807, 2.05) is 25.1 Å². The zero-order valence-corrected chi connectivity index (χ0v) is 15.2. The number of thioether (sulfide) groups is 1. The Bertz CT molecular complexity index is 849. The smallest absolute Gasteiger partial charge is 0.263 e. The third-order valence-electron chi connectivity index (χ3n) is 3.38. The number of amides is 1. The predicted octanol–water partition coefficient (Wildman–Crippen LogP) is 4.72. The van der Waals surface area contributed by atoms with Crippen LogP contribution in [0.15, 0.2) is 47.4 Å². The van der Waals surface area contributed by atoms with Crippen molar-refractivity contribution >= 4 is 51.9 Å². The summed E-state index contributed by atoms with van der Waals surface area (Å²) < 4.78 is 6.38. The second-order valence-corrected chi connectivity index (χ2v) is 7.47. The van der Waals surface area contributed by atoms with Crippen molar-refractivity contribution in [2.45, 2.75) is 13.5 Å². The summed E-state index contributed by atoms with van der Waals surface area (Å²) in [6.45, 7) is 2.48. The van der Waals surface area contributed by atoms with Gasteiger partial charge in [0.15, 0.2) is 0 Å². The maximum absolute atomic E-state index is 11.8. The number of hydrogen-bond donors (Lipinski definition) is 1. The minimum atomic E-state index is -0.199. The van der Waals surface area contributed by atoms with Gasteiger partial charge in [-0.05, 0) is 36.8 Å². The molecule has 1 aliphatic rings. The monoisotopic (exact) mass is 375 g/mol. The van der Waals surface area contributed by atoms with E-state index in [0.29, 0.717) is 26.6 Å². The highest BCUT2D eigenvalue weighted by Gasteiger charge is 2.22. The molecule has 2 aromatic carbocycles. The summed E-state index contributed by atoms with van der Waals surface area (Å²) >= 11 is 12.3. The molecule has 0 saturated carbocycles. The Morgan fingerprint density at radius 1 is 1.29 bits per heavy atom. The Hall–Kier alpha value is -1.82. The SMILES string of the molecule is Cc1cccc(COc2ccc(Cl)cc2/C=C2/SC(=S)NC2=O)c1. The summed E-state index contributed by atoms with van der Waals surface area (Å²) in [4.78, 5) is 12.4. The van der Waals surface area contributed by atoms with Crippen LogP contribution in [0.2, 0.25) is 5.02 Å². The lowest BCUT2D eigenvalue weighted by atomic mass is 10.1. The first kappa shape index (κ1) is 17.0. The lowest BCUT2D eigenvalue weighted by Gasteiger charge is -2.10. The number of nitrogens with one attached hydrogen (secondary N) is 1. The van der Waals surface area contributed by atoms with Gasteiger partial charge >= 0.3 is 0 Å². The molecule has 0 radical (unpaired) electrons. The molecule has 0 atom stereocenters. The van der Waals surface area contributed by atoms with E-state index in [2.05, 4.69) is 11.4 Å². The second kappa shape index (κ2) is 7.38. The number of hydrogen-bond acceptors (Lipinski definition) is 4. The van der Waals surface area contributed by atoms with Gasteiger partial charge in [-0.25, -0.2) is 0 Å². The number of carbonyl (C=O) groups is 1. The van der Waals surface area contributed by atoms with Gasteiger partial charge in [0.2, 0.25) is 0 Å². The summed E-state index contributed by atoms with van der Waals surface area (Å²) in [6, 6.07) is 13.5. The summed E-state index contributed by atoms with van der Waals surface area (Å²) in [5, 5.41) is 3.18. The van der Waals surface area contributed by atoms with Crippen LogP contribution in [-0.4, -0.2) is 10.2 Å². The second-order valence-electron chi connectivity index (χ2n) is 5.31. The zero-order valence-electron chi connectivity index (χ0n) is 12.8. The van der Waals surface area contributed by atoms with Crippen LogP contribution in [0.25, 0.3) is 6.08 Å². The van der Waals surface area contributed by atoms with Gasteiger partial charge in [0.1, 0.15) is 16.7 Å². The number of rotatable bonds is 4. The largest absolute Gasteiger partial charge is 0.488 e. The van der Waals surface area contributed by atoms with Gasteiger partial charge in [0.05, 0.1) is 4.91 Å². The zero-order chi connectivity index (χ0) is 17.1. The highest BCUT2D eigenvalue weighted by molar-refractivity contribution is 8.26. The van der Waals surface area contributed by atoms with Crippen LogP contribution < -0.4 is 10.1 Å². The third-order valence-corrected chi connectivity index (χ3v) is 4.78. The minimum absolute atomic E-state index is 0.199. The minimum Gasteiger partial charge on any atom is -0.488 e. The van der Waals surface area contributed by atoms with E-state index in [-0.39, 0.29) is 5.91 Å². The number of halogens is 1. The summed E-state index contributed by atoms with van der Waals surface area (Å²) in [7, 11) is 0. The number of aryl methyl sites for hydroxylation is 1. The van der Waals surface area contributed by atoms with Crippen LogP contribution in [0.1, 0.15) is 16.7 Å². The molecule has 1 amide bonds. The number of thiocarbonyl (C=S) groups is 1. The van der Waals surface area contributed by atoms with Crippen molar-refractivity contribution in [3.05, 3.63) is 69.1 Å². The van der Waals surface area contributed by atoms with E-state index >= 15 is 0 Å². The van der Waals surface area contributed by atoms with Gasteiger partial charge in [-0.15, -0.1) is 0 Å².